The molecule has 7 atom stereocenters. The van der Waals surface area contributed by atoms with Crippen molar-refractivity contribution in [2.24, 2.45) is 17.8 Å². The average Bonchev–Trinajstić information content (AvgIpc) is 3.09. The van der Waals surface area contributed by atoms with Crippen LogP contribution >= 0.6 is 0 Å². The van der Waals surface area contributed by atoms with Crippen molar-refractivity contribution in [2.45, 2.75) is 70.8 Å². The molecule has 2 saturated heterocycles. The fraction of sp³-hybridized carbons (Fsp3) is 0.410. The summed E-state index contributed by atoms with van der Waals surface area (Å²) >= 11 is 0. The van der Waals surface area contributed by atoms with Crippen LogP contribution in [0, 0.1) is 29.4 Å². The summed E-state index contributed by atoms with van der Waals surface area (Å²) in [5.41, 5.74) is 2.93. The molecule has 0 saturated carbocycles. The molecule has 1 amide bonds. The van der Waals surface area contributed by atoms with Crippen molar-refractivity contribution in [3.05, 3.63) is 101 Å². The van der Waals surface area contributed by atoms with Crippen LogP contribution in [0.25, 0.3) is 0 Å². The molecule has 0 aliphatic carbocycles. The number of halogens is 2. The number of hydrogen-bond donors (Lipinski definition) is 1. The van der Waals surface area contributed by atoms with E-state index in [-0.39, 0.29) is 43.3 Å². The maximum absolute atomic E-state index is 13.8. The zero-order valence-corrected chi connectivity index (χ0v) is 29.0. The molecule has 2 aliphatic rings. The summed E-state index contributed by atoms with van der Waals surface area (Å²) in [5, 5.41) is 10.4. The summed E-state index contributed by atoms with van der Waals surface area (Å²) in [7, 11) is 0. The number of benzene rings is 3. The first-order chi connectivity index (χ1) is 24.8. The van der Waals surface area contributed by atoms with Crippen molar-refractivity contribution < 1.29 is 56.8 Å². The maximum Gasteiger partial charge on any atom is 0.307 e. The smallest absolute Gasteiger partial charge is 0.307 e. The number of carboxylic acid groups (broad SMARTS) is 1. The Hall–Kier alpha value is -5.17. The first kappa shape index (κ1) is 38.1. The number of nitrogens with zero attached hydrogens (tertiary/aromatic N) is 1. The summed E-state index contributed by atoms with van der Waals surface area (Å²) in [5.74, 6) is -6.56. The lowest BCUT2D eigenvalue weighted by molar-refractivity contribution is -0.220. The van der Waals surface area contributed by atoms with Crippen molar-refractivity contribution in [3.8, 4) is 0 Å². The van der Waals surface area contributed by atoms with Gasteiger partial charge in [0.25, 0.3) is 0 Å². The highest BCUT2D eigenvalue weighted by Gasteiger charge is 2.50. The zero-order chi connectivity index (χ0) is 37.5. The van der Waals surface area contributed by atoms with Crippen LogP contribution in [0.5, 0.6) is 0 Å². The molecule has 2 heterocycles. The number of esters is 3. The number of amides is 1. The molecule has 0 spiro atoms. The standard InChI is InChI=1S/C39H41F2NO10/c1-22(43)49-21-34-37(52-24(3)45)36(51-23(2)44)33(20-50-34)32(39(47)48)19-26-7-11-27(12-8-26)35-31(6-4-5-25-9-13-28(40)14-10-25)38(46)42(35)30-17-15-29(41)16-18-30/h7-18,31-37H,4-6,19-21H2,1-3H3,(H,47,48)/t31-,32+,33+,34+,35+,36+,37-/m0/s1. The van der Waals surface area contributed by atoms with Gasteiger partial charge in [-0.2, -0.15) is 0 Å². The number of ether oxygens (including phenoxy) is 4. The van der Waals surface area contributed by atoms with E-state index in [1.807, 2.05) is 12.1 Å². The molecule has 11 nitrogen and oxygen atoms in total. The predicted molar refractivity (Wildman–Crippen MR) is 182 cm³/mol. The van der Waals surface area contributed by atoms with Gasteiger partial charge in [-0.15, -0.1) is 0 Å². The summed E-state index contributed by atoms with van der Waals surface area (Å²) in [6, 6.07) is 18.7. The normalized spacial score (nSPS) is 23.2. The van der Waals surface area contributed by atoms with Gasteiger partial charge in [0.05, 0.1) is 24.5 Å². The number of rotatable bonds is 14. The lowest BCUT2D eigenvalue weighted by Crippen LogP contribution is -2.58. The van der Waals surface area contributed by atoms with Crippen LogP contribution in [-0.2, 0) is 55.8 Å². The molecule has 0 unspecified atom stereocenters. The summed E-state index contributed by atoms with van der Waals surface area (Å²) in [6.07, 6.45) is -1.56. The molecule has 5 rings (SSSR count). The van der Waals surface area contributed by atoms with Crippen LogP contribution in [0.1, 0.15) is 56.3 Å². The minimum absolute atomic E-state index is 0.00478. The SMILES string of the molecule is CC(=O)OC[C@H]1OC[C@H]([C@@H](Cc2ccc([C@@H]3[C@H](CCCc4ccc(F)cc4)C(=O)N3c3ccc(F)cc3)cc2)C(=O)O)[C@@H](OC(C)=O)[C@H]1OC(C)=O. The highest BCUT2D eigenvalue weighted by Crippen LogP contribution is 2.46. The topological polar surface area (TPSA) is 146 Å². The number of carboxylic acids is 1. The zero-order valence-electron chi connectivity index (χ0n) is 29.0. The van der Waals surface area contributed by atoms with Gasteiger partial charge in [-0.05, 0) is 78.8 Å². The number of carbonyl (C=O) groups is 5. The average molecular weight is 722 g/mol. The molecule has 2 fully saturated rings. The molecular formula is C39H41F2NO10. The second-order valence-electron chi connectivity index (χ2n) is 13.1. The molecule has 3 aromatic rings. The van der Waals surface area contributed by atoms with E-state index < -0.39 is 59.8 Å². The number of aryl methyl sites for hydroxylation is 1. The Kier molecular flexibility index (Phi) is 12.4. The number of β-lactam (4-membered cyclic amide) rings is 1. The third-order valence-electron chi connectivity index (χ3n) is 9.49. The van der Waals surface area contributed by atoms with Crippen molar-refractivity contribution in [1.82, 2.24) is 0 Å². The number of hydrogen-bond acceptors (Lipinski definition) is 9. The quantitative estimate of drug-likeness (QED) is 0.131. The van der Waals surface area contributed by atoms with E-state index in [1.165, 1.54) is 31.2 Å². The van der Waals surface area contributed by atoms with Gasteiger partial charge in [-0.25, -0.2) is 8.78 Å². The third-order valence-corrected chi connectivity index (χ3v) is 9.49. The monoisotopic (exact) mass is 721 g/mol. The highest BCUT2D eigenvalue weighted by molar-refractivity contribution is 6.03. The van der Waals surface area contributed by atoms with Crippen LogP contribution in [0.2, 0.25) is 0 Å². The van der Waals surface area contributed by atoms with Gasteiger partial charge in [-0.3, -0.25) is 24.0 Å². The molecule has 0 radical (unpaired) electrons. The van der Waals surface area contributed by atoms with Crippen LogP contribution < -0.4 is 4.90 Å². The van der Waals surface area contributed by atoms with Gasteiger partial charge < -0.3 is 29.0 Å². The number of carbonyl (C=O) groups excluding carboxylic acids is 4. The van der Waals surface area contributed by atoms with E-state index in [0.717, 1.165) is 25.0 Å². The summed E-state index contributed by atoms with van der Waals surface area (Å²) < 4.78 is 49.1. The molecule has 52 heavy (non-hydrogen) atoms. The molecular weight excluding hydrogens is 680 g/mol. The number of aliphatic carboxylic acids is 1. The van der Waals surface area contributed by atoms with E-state index in [2.05, 4.69) is 0 Å². The first-order valence-electron chi connectivity index (χ1n) is 17.1. The van der Waals surface area contributed by atoms with Crippen molar-refractivity contribution >= 4 is 35.5 Å². The van der Waals surface area contributed by atoms with E-state index >= 15 is 0 Å². The van der Waals surface area contributed by atoms with E-state index in [1.54, 1.807) is 41.3 Å². The minimum Gasteiger partial charge on any atom is -0.481 e. The van der Waals surface area contributed by atoms with Crippen molar-refractivity contribution in [1.29, 1.82) is 0 Å². The van der Waals surface area contributed by atoms with Crippen LogP contribution in [0.15, 0.2) is 72.8 Å². The Morgan fingerprint density at radius 2 is 1.40 bits per heavy atom. The van der Waals surface area contributed by atoms with Gasteiger partial charge in [0.2, 0.25) is 5.91 Å². The summed E-state index contributed by atoms with van der Waals surface area (Å²) in [4.78, 5) is 63.6. The Morgan fingerprint density at radius 3 is 1.98 bits per heavy atom. The molecule has 0 bridgehead atoms. The van der Waals surface area contributed by atoms with Gasteiger partial charge in [0, 0.05) is 32.4 Å². The van der Waals surface area contributed by atoms with Crippen LogP contribution in [0.4, 0.5) is 14.5 Å². The molecule has 1 N–H and O–H groups in total. The molecule has 13 heteroatoms. The molecule has 276 valence electrons. The van der Waals surface area contributed by atoms with Crippen molar-refractivity contribution in [2.75, 3.05) is 18.1 Å². The van der Waals surface area contributed by atoms with Crippen molar-refractivity contribution in [3.63, 3.8) is 0 Å². The second kappa shape index (κ2) is 16.9. The highest BCUT2D eigenvalue weighted by atomic mass is 19.1. The van der Waals surface area contributed by atoms with E-state index in [0.29, 0.717) is 30.5 Å². The Labute approximate surface area is 299 Å². The van der Waals surface area contributed by atoms with Crippen LogP contribution in [-0.4, -0.2) is 66.4 Å². The first-order valence-corrected chi connectivity index (χ1v) is 17.1. The number of anilines is 1. The lowest BCUT2D eigenvalue weighted by Gasteiger charge is -2.48. The molecule has 3 aromatic carbocycles. The summed E-state index contributed by atoms with van der Waals surface area (Å²) in [6.45, 7) is 3.01. The Morgan fingerprint density at radius 1 is 0.827 bits per heavy atom. The van der Waals surface area contributed by atoms with Gasteiger partial charge >= 0.3 is 23.9 Å². The minimum atomic E-state index is -1.24. The van der Waals surface area contributed by atoms with E-state index in [9.17, 15) is 37.9 Å². The Bertz CT molecular complexity index is 1750. The van der Waals surface area contributed by atoms with Gasteiger partial charge in [0.1, 0.15) is 30.4 Å². The maximum atomic E-state index is 13.8. The second-order valence-corrected chi connectivity index (χ2v) is 13.1. The predicted octanol–water partition coefficient (Wildman–Crippen LogP) is 5.38. The fourth-order valence-electron chi connectivity index (χ4n) is 7.05. The van der Waals surface area contributed by atoms with E-state index in [4.69, 9.17) is 18.9 Å². The fourth-order valence-corrected chi connectivity index (χ4v) is 7.05. The lowest BCUT2D eigenvalue weighted by atomic mass is 9.77. The largest absolute Gasteiger partial charge is 0.481 e. The van der Waals surface area contributed by atoms with Gasteiger partial charge in [0.15, 0.2) is 6.10 Å². The Balaban J connectivity index is 1.36. The van der Waals surface area contributed by atoms with Gasteiger partial charge in [-0.1, -0.05) is 36.4 Å². The van der Waals surface area contributed by atoms with Crippen LogP contribution in [0.3, 0.4) is 0 Å². The third kappa shape index (κ3) is 9.19. The molecule has 0 aromatic heterocycles. The molecule has 2 aliphatic heterocycles.